The fraction of sp³-hybridized carbons (Fsp3) is 0.438. The molecule has 3 aliphatic rings. The molecule has 3 heterocycles. The van der Waals surface area contributed by atoms with Gasteiger partial charge in [-0.3, -0.25) is 9.59 Å². The second kappa shape index (κ2) is 12.2. The van der Waals surface area contributed by atoms with Gasteiger partial charge in [0, 0.05) is 18.9 Å². The Morgan fingerprint density at radius 2 is 1.93 bits per heavy atom. The topological polar surface area (TPSA) is 121 Å². The van der Waals surface area contributed by atoms with Gasteiger partial charge in [-0.1, -0.05) is 78.8 Å². The number of nitrogens with zero attached hydrogens (tertiary/aromatic N) is 2. The fourth-order valence-electron chi connectivity index (χ4n) is 6.08. The highest BCUT2D eigenvalue weighted by molar-refractivity contribution is 7.20. The maximum absolute atomic E-state index is 14.2. The number of carbonyl (C=O) groups excluding carboxylic acids is 2. The average molecular weight is 589 g/mol. The van der Waals surface area contributed by atoms with E-state index in [-0.39, 0.29) is 24.8 Å². The number of rotatable bonds is 6. The molecular formula is C32H36N4O5S. The number of carbonyl (C=O) groups is 3. The van der Waals surface area contributed by atoms with Gasteiger partial charge in [-0.25, -0.2) is 9.78 Å². The molecule has 220 valence electrons. The molecule has 0 radical (unpaired) electrons. The van der Waals surface area contributed by atoms with Crippen LogP contribution in [0.4, 0.5) is 0 Å². The first-order valence-electron chi connectivity index (χ1n) is 14.7. The number of carboxylic acid groups (broad SMARTS) is 1. The number of aliphatic carboxylic acids is 1. The average Bonchev–Trinajstić information content (AvgIpc) is 3.31. The van der Waals surface area contributed by atoms with Crippen molar-refractivity contribution >= 4 is 39.3 Å². The molecule has 6 rings (SSSR count). The zero-order chi connectivity index (χ0) is 29.1. The van der Waals surface area contributed by atoms with E-state index >= 15 is 0 Å². The van der Waals surface area contributed by atoms with Gasteiger partial charge in [-0.05, 0) is 43.4 Å². The molecule has 42 heavy (non-hydrogen) atoms. The number of allylic oxidation sites excluding steroid dienone is 1. The number of amides is 2. The first-order chi connectivity index (χ1) is 20.4. The van der Waals surface area contributed by atoms with Crippen LogP contribution < -0.4 is 15.4 Å². The lowest BCUT2D eigenvalue weighted by molar-refractivity contribution is -0.145. The predicted octanol–water partition coefficient (Wildman–Crippen LogP) is 4.28. The van der Waals surface area contributed by atoms with Crippen molar-refractivity contribution in [2.45, 2.75) is 75.2 Å². The molecule has 0 spiro atoms. The number of benzene rings is 2. The van der Waals surface area contributed by atoms with Gasteiger partial charge in [0.1, 0.15) is 17.7 Å². The number of thiazole rings is 1. The summed E-state index contributed by atoms with van der Waals surface area (Å²) >= 11 is 1.43. The van der Waals surface area contributed by atoms with Crippen molar-refractivity contribution < 1.29 is 24.2 Å². The van der Waals surface area contributed by atoms with Crippen LogP contribution in [0.1, 0.15) is 50.5 Å². The maximum atomic E-state index is 14.2. The Morgan fingerprint density at radius 1 is 1.12 bits per heavy atom. The summed E-state index contributed by atoms with van der Waals surface area (Å²) in [7, 11) is 0. The van der Waals surface area contributed by atoms with E-state index in [0.717, 1.165) is 41.5 Å². The zero-order valence-corrected chi connectivity index (χ0v) is 24.2. The standard InChI is InChI=1S/C32H36N4O5S/c37-28-26-17-23(41-31-34-24-14-9-10-16-27(24)42-31)20-36(26)29(38)25(33-19-21-11-5-4-6-12-21)15-8-3-1-2-7-13-22-18-32(22,35-28)30(39)40/h4-7,9-14,16,22-23,25-26,33H,1-3,8,15,17-20H2,(H,35,37)(H,39,40)/b13-7-/t22-,23-,25+,26+,32-/m1/s1. The lowest BCUT2D eigenvalue weighted by Crippen LogP contribution is -2.55. The van der Waals surface area contributed by atoms with Gasteiger partial charge in [0.15, 0.2) is 0 Å². The van der Waals surface area contributed by atoms with Crippen molar-refractivity contribution in [2.24, 2.45) is 5.92 Å². The Labute approximate surface area is 249 Å². The van der Waals surface area contributed by atoms with Gasteiger partial charge in [-0.15, -0.1) is 0 Å². The Kier molecular flexibility index (Phi) is 8.26. The predicted molar refractivity (Wildman–Crippen MR) is 160 cm³/mol. The summed E-state index contributed by atoms with van der Waals surface area (Å²) in [6.45, 7) is 0.750. The molecule has 0 unspecified atom stereocenters. The number of hydrogen-bond acceptors (Lipinski definition) is 7. The minimum absolute atomic E-state index is 0.161. The van der Waals surface area contributed by atoms with E-state index in [9.17, 15) is 19.5 Å². The molecular weight excluding hydrogens is 552 g/mol. The summed E-state index contributed by atoms with van der Waals surface area (Å²) in [5.74, 6) is -1.92. The van der Waals surface area contributed by atoms with E-state index in [1.807, 2.05) is 66.7 Å². The first-order valence-corrected chi connectivity index (χ1v) is 15.6. The normalized spacial score (nSPS) is 29.1. The molecule has 1 aliphatic carbocycles. The van der Waals surface area contributed by atoms with Crippen molar-refractivity contribution in [2.75, 3.05) is 6.54 Å². The van der Waals surface area contributed by atoms with E-state index < -0.39 is 35.6 Å². The van der Waals surface area contributed by atoms with Crippen molar-refractivity contribution in [1.82, 2.24) is 20.5 Å². The minimum atomic E-state index is -1.33. The SMILES string of the molecule is O=C1N[C@]2(C(=O)O)C[C@H]2/C=C\CCCCC[C@H](NCc2ccccc2)C(=O)N2C[C@H](Oc3nc4ccccc4s3)C[C@@H]12. The van der Waals surface area contributed by atoms with Crippen LogP contribution >= 0.6 is 11.3 Å². The molecule has 2 amide bonds. The third kappa shape index (κ3) is 6.05. The highest BCUT2D eigenvalue weighted by Crippen LogP contribution is 2.45. The van der Waals surface area contributed by atoms with E-state index in [1.54, 1.807) is 4.90 Å². The summed E-state index contributed by atoms with van der Waals surface area (Å²) in [4.78, 5) is 46.4. The maximum Gasteiger partial charge on any atom is 0.330 e. The molecule has 2 fully saturated rings. The van der Waals surface area contributed by atoms with Crippen molar-refractivity contribution in [3.8, 4) is 5.19 Å². The minimum Gasteiger partial charge on any atom is -0.479 e. The van der Waals surface area contributed by atoms with Crippen LogP contribution in [0.2, 0.25) is 0 Å². The monoisotopic (exact) mass is 588 g/mol. The smallest absolute Gasteiger partial charge is 0.330 e. The van der Waals surface area contributed by atoms with E-state index in [2.05, 4.69) is 15.6 Å². The molecule has 0 bridgehead atoms. The Balaban J connectivity index is 1.26. The number of aromatic nitrogens is 1. The first kappa shape index (κ1) is 28.4. The number of para-hydroxylation sites is 1. The van der Waals surface area contributed by atoms with Gasteiger partial charge in [0.05, 0.1) is 22.8 Å². The highest BCUT2D eigenvalue weighted by atomic mass is 32.1. The molecule has 3 aromatic rings. The highest BCUT2D eigenvalue weighted by Gasteiger charge is 2.61. The molecule has 1 saturated heterocycles. The number of fused-ring (bicyclic) bond motifs is 3. The molecule has 5 atom stereocenters. The number of nitrogens with one attached hydrogen (secondary N) is 2. The molecule has 9 nitrogen and oxygen atoms in total. The van der Waals surface area contributed by atoms with Crippen molar-refractivity contribution in [1.29, 1.82) is 0 Å². The van der Waals surface area contributed by atoms with Crippen LogP contribution in [0, 0.1) is 5.92 Å². The van der Waals surface area contributed by atoms with Gasteiger partial charge >= 0.3 is 5.97 Å². The Bertz CT molecular complexity index is 1440. The van der Waals surface area contributed by atoms with Gasteiger partial charge in [0.25, 0.3) is 5.19 Å². The van der Waals surface area contributed by atoms with Crippen LogP contribution in [0.15, 0.2) is 66.7 Å². The quantitative estimate of drug-likeness (QED) is 0.368. The fourth-order valence-corrected chi connectivity index (χ4v) is 6.96. The van der Waals surface area contributed by atoms with Crippen LogP contribution in [0.3, 0.4) is 0 Å². The van der Waals surface area contributed by atoms with E-state index in [4.69, 9.17) is 4.74 Å². The number of ether oxygens (including phenoxy) is 1. The van der Waals surface area contributed by atoms with Crippen molar-refractivity contribution in [3.05, 3.63) is 72.3 Å². The largest absolute Gasteiger partial charge is 0.479 e. The van der Waals surface area contributed by atoms with Gasteiger partial charge < -0.3 is 25.4 Å². The van der Waals surface area contributed by atoms with E-state index in [0.29, 0.717) is 24.6 Å². The van der Waals surface area contributed by atoms with Crippen LogP contribution in [0.5, 0.6) is 5.19 Å². The second-order valence-electron chi connectivity index (χ2n) is 11.5. The zero-order valence-electron chi connectivity index (χ0n) is 23.4. The van der Waals surface area contributed by atoms with Crippen LogP contribution in [-0.4, -0.2) is 63.0 Å². The van der Waals surface area contributed by atoms with Gasteiger partial charge in [-0.2, -0.15) is 0 Å². The summed E-state index contributed by atoms with van der Waals surface area (Å²) in [6.07, 6.45) is 8.38. The van der Waals surface area contributed by atoms with E-state index in [1.165, 1.54) is 11.3 Å². The third-order valence-corrected chi connectivity index (χ3v) is 9.49. The molecule has 1 saturated carbocycles. The number of carboxylic acids is 1. The summed E-state index contributed by atoms with van der Waals surface area (Å²) in [6, 6.07) is 16.4. The lowest BCUT2D eigenvalue weighted by Gasteiger charge is -2.29. The molecule has 10 heteroatoms. The van der Waals surface area contributed by atoms with Crippen molar-refractivity contribution in [3.63, 3.8) is 0 Å². The molecule has 2 aliphatic heterocycles. The molecule has 1 aromatic heterocycles. The van der Waals surface area contributed by atoms with Gasteiger partial charge in [0.2, 0.25) is 11.8 Å². The molecule has 2 aromatic carbocycles. The third-order valence-electron chi connectivity index (χ3n) is 8.56. The van der Waals surface area contributed by atoms with Crippen LogP contribution in [0.25, 0.3) is 10.2 Å². The second-order valence-corrected chi connectivity index (χ2v) is 12.5. The summed E-state index contributed by atoms with van der Waals surface area (Å²) in [5, 5.41) is 16.8. The Hall–Kier alpha value is -3.76. The number of hydrogen-bond donors (Lipinski definition) is 3. The summed E-state index contributed by atoms with van der Waals surface area (Å²) < 4.78 is 7.25. The molecule has 3 N–H and O–H groups in total. The summed E-state index contributed by atoms with van der Waals surface area (Å²) in [5.41, 5.74) is 0.571. The van der Waals surface area contributed by atoms with Crippen LogP contribution in [-0.2, 0) is 20.9 Å². The lowest BCUT2D eigenvalue weighted by atomic mass is 10.0. The Morgan fingerprint density at radius 3 is 2.74 bits per heavy atom.